The number of nitrogens with zero attached hydrogens (tertiary/aromatic N) is 2. The van der Waals surface area contributed by atoms with Gasteiger partial charge in [-0.05, 0) is 31.9 Å². The fraction of sp³-hybridized carbons (Fsp3) is 0.412. The van der Waals surface area contributed by atoms with E-state index in [-0.39, 0.29) is 11.5 Å². The van der Waals surface area contributed by atoms with Crippen molar-refractivity contribution in [3.05, 3.63) is 41.6 Å². The zero-order chi connectivity index (χ0) is 15.1. The van der Waals surface area contributed by atoms with Gasteiger partial charge in [0.15, 0.2) is 0 Å². The molecule has 21 heavy (non-hydrogen) atoms. The summed E-state index contributed by atoms with van der Waals surface area (Å²) in [5, 5.41) is 12.0. The first-order valence-corrected chi connectivity index (χ1v) is 7.43. The Labute approximate surface area is 126 Å². The van der Waals surface area contributed by atoms with Gasteiger partial charge in [0.1, 0.15) is 11.6 Å². The molecule has 0 atom stereocenters. The molecular weight excluding hydrogens is 262 g/mol. The van der Waals surface area contributed by atoms with Crippen molar-refractivity contribution in [2.45, 2.75) is 32.6 Å². The molecule has 0 saturated carbocycles. The summed E-state index contributed by atoms with van der Waals surface area (Å²) in [5.74, 6) is -0.342. The van der Waals surface area contributed by atoms with Crippen molar-refractivity contribution in [3.63, 3.8) is 0 Å². The molecule has 0 unspecified atom stereocenters. The molecule has 110 valence electrons. The minimum Gasteiger partial charge on any atom is -0.376 e. The normalized spacial score (nSPS) is 16.0. The van der Waals surface area contributed by atoms with Crippen LogP contribution in [0, 0.1) is 18.3 Å². The summed E-state index contributed by atoms with van der Waals surface area (Å²) in [4.78, 5) is 14.2. The molecule has 0 aromatic heterocycles. The van der Waals surface area contributed by atoms with E-state index in [0.717, 1.165) is 31.5 Å². The first-order valence-electron chi connectivity index (χ1n) is 7.43. The minimum absolute atomic E-state index is 0.164. The number of nitriles is 1. The van der Waals surface area contributed by atoms with Crippen LogP contribution in [0.25, 0.3) is 0 Å². The first-order chi connectivity index (χ1) is 10.2. The summed E-state index contributed by atoms with van der Waals surface area (Å²) in [6.07, 6.45) is 6.39. The molecule has 1 saturated heterocycles. The molecule has 1 N–H and O–H groups in total. The number of nitrogens with one attached hydrogen (secondary N) is 1. The third-order valence-corrected chi connectivity index (χ3v) is 3.63. The maximum Gasteiger partial charge on any atom is 0.267 e. The van der Waals surface area contributed by atoms with Crippen molar-refractivity contribution in [1.82, 2.24) is 4.90 Å². The Kier molecular flexibility index (Phi) is 5.39. The van der Waals surface area contributed by atoms with E-state index in [1.54, 1.807) is 6.20 Å². The third kappa shape index (κ3) is 4.64. The van der Waals surface area contributed by atoms with Gasteiger partial charge in [-0.15, -0.1) is 0 Å². The van der Waals surface area contributed by atoms with Crippen LogP contribution in [0.1, 0.15) is 31.2 Å². The molecule has 2 rings (SSSR count). The Bertz CT molecular complexity index is 546. The van der Waals surface area contributed by atoms with Crippen LogP contribution in [-0.4, -0.2) is 23.9 Å². The average Bonchev–Trinajstić information content (AvgIpc) is 2.75. The molecular formula is C17H21N3O. The van der Waals surface area contributed by atoms with E-state index in [9.17, 15) is 10.1 Å². The SMILES string of the molecule is Cc1ccc(NC(=O)/C(C#N)=C\N2CCCCCC2)cc1. The highest BCUT2D eigenvalue weighted by Gasteiger charge is 2.12. The van der Waals surface area contributed by atoms with Gasteiger partial charge in [0, 0.05) is 25.0 Å². The van der Waals surface area contributed by atoms with Crippen LogP contribution in [0.2, 0.25) is 0 Å². The second-order valence-corrected chi connectivity index (χ2v) is 5.42. The standard InChI is InChI=1S/C17H21N3O/c1-14-6-8-16(9-7-14)19-17(21)15(12-18)13-20-10-4-2-3-5-11-20/h6-9,13H,2-5,10-11H2,1H3,(H,19,21)/b15-13-. The van der Waals surface area contributed by atoms with Crippen molar-refractivity contribution in [1.29, 1.82) is 5.26 Å². The molecule has 0 spiro atoms. The van der Waals surface area contributed by atoms with Crippen molar-refractivity contribution in [2.24, 2.45) is 0 Å². The first kappa shape index (κ1) is 15.1. The van der Waals surface area contributed by atoms with E-state index >= 15 is 0 Å². The van der Waals surface area contributed by atoms with Crippen LogP contribution in [0.15, 0.2) is 36.0 Å². The van der Waals surface area contributed by atoms with Crippen molar-refractivity contribution in [2.75, 3.05) is 18.4 Å². The van der Waals surface area contributed by atoms with Crippen molar-refractivity contribution in [3.8, 4) is 6.07 Å². The van der Waals surface area contributed by atoms with E-state index in [1.165, 1.54) is 12.8 Å². The lowest BCUT2D eigenvalue weighted by Crippen LogP contribution is -2.22. The summed E-state index contributed by atoms with van der Waals surface area (Å²) >= 11 is 0. The molecule has 0 aliphatic carbocycles. The second-order valence-electron chi connectivity index (χ2n) is 5.42. The van der Waals surface area contributed by atoms with E-state index in [4.69, 9.17) is 0 Å². The molecule has 1 fully saturated rings. The Morgan fingerprint density at radius 1 is 1.19 bits per heavy atom. The molecule has 1 amide bonds. The van der Waals surface area contributed by atoms with Gasteiger partial charge in [-0.1, -0.05) is 30.5 Å². The van der Waals surface area contributed by atoms with Crippen LogP contribution < -0.4 is 5.32 Å². The van der Waals surface area contributed by atoms with Crippen LogP contribution in [0.5, 0.6) is 0 Å². The van der Waals surface area contributed by atoms with Crippen LogP contribution in [-0.2, 0) is 4.79 Å². The van der Waals surface area contributed by atoms with E-state index in [1.807, 2.05) is 37.3 Å². The Balaban J connectivity index is 2.03. The average molecular weight is 283 g/mol. The van der Waals surface area contributed by atoms with E-state index in [0.29, 0.717) is 5.69 Å². The van der Waals surface area contributed by atoms with Crippen molar-refractivity contribution >= 4 is 11.6 Å². The van der Waals surface area contributed by atoms with Gasteiger partial charge in [0.05, 0.1) is 0 Å². The predicted molar refractivity (Wildman–Crippen MR) is 83.5 cm³/mol. The van der Waals surface area contributed by atoms with Gasteiger partial charge in [-0.3, -0.25) is 4.79 Å². The molecule has 0 radical (unpaired) electrons. The van der Waals surface area contributed by atoms with Gasteiger partial charge in [0.2, 0.25) is 0 Å². The smallest absolute Gasteiger partial charge is 0.267 e. The Morgan fingerprint density at radius 2 is 1.81 bits per heavy atom. The fourth-order valence-electron chi connectivity index (χ4n) is 2.38. The quantitative estimate of drug-likeness (QED) is 0.684. The lowest BCUT2D eigenvalue weighted by atomic mass is 10.2. The summed E-state index contributed by atoms with van der Waals surface area (Å²) in [6, 6.07) is 9.55. The number of benzene rings is 1. The molecule has 1 aliphatic rings. The van der Waals surface area contributed by atoms with Crippen LogP contribution >= 0.6 is 0 Å². The summed E-state index contributed by atoms with van der Waals surface area (Å²) in [5.41, 5.74) is 2.01. The van der Waals surface area contributed by atoms with Crippen LogP contribution in [0.4, 0.5) is 5.69 Å². The summed E-state index contributed by atoms with van der Waals surface area (Å²) < 4.78 is 0. The Hall–Kier alpha value is -2.28. The molecule has 4 nitrogen and oxygen atoms in total. The number of carbonyl (C=O) groups excluding carboxylic acids is 1. The maximum absolute atomic E-state index is 12.2. The molecule has 1 aromatic carbocycles. The molecule has 0 bridgehead atoms. The number of likely N-dealkylation sites (tertiary alicyclic amines) is 1. The molecule has 4 heteroatoms. The highest BCUT2D eigenvalue weighted by atomic mass is 16.1. The van der Waals surface area contributed by atoms with Gasteiger partial charge < -0.3 is 10.2 Å². The van der Waals surface area contributed by atoms with Gasteiger partial charge in [0.25, 0.3) is 5.91 Å². The van der Waals surface area contributed by atoms with Gasteiger partial charge in [-0.2, -0.15) is 5.26 Å². The number of hydrogen-bond donors (Lipinski definition) is 1. The fourth-order valence-corrected chi connectivity index (χ4v) is 2.38. The second kappa shape index (κ2) is 7.49. The number of amides is 1. The van der Waals surface area contributed by atoms with Crippen LogP contribution in [0.3, 0.4) is 0 Å². The maximum atomic E-state index is 12.2. The minimum atomic E-state index is -0.342. The summed E-state index contributed by atoms with van der Waals surface area (Å²) in [6.45, 7) is 3.83. The number of anilines is 1. The topological polar surface area (TPSA) is 56.1 Å². The third-order valence-electron chi connectivity index (χ3n) is 3.63. The zero-order valence-electron chi connectivity index (χ0n) is 12.4. The monoisotopic (exact) mass is 283 g/mol. The van der Waals surface area contributed by atoms with E-state index in [2.05, 4.69) is 10.2 Å². The highest BCUT2D eigenvalue weighted by molar-refractivity contribution is 6.06. The number of hydrogen-bond acceptors (Lipinski definition) is 3. The largest absolute Gasteiger partial charge is 0.376 e. The van der Waals surface area contributed by atoms with Gasteiger partial charge >= 0.3 is 0 Å². The summed E-state index contributed by atoms with van der Waals surface area (Å²) in [7, 11) is 0. The lowest BCUT2D eigenvalue weighted by Gasteiger charge is -2.17. The van der Waals surface area contributed by atoms with Gasteiger partial charge in [-0.25, -0.2) is 0 Å². The lowest BCUT2D eigenvalue weighted by molar-refractivity contribution is -0.112. The number of aryl methyl sites for hydroxylation is 1. The number of carbonyl (C=O) groups is 1. The molecule has 1 aromatic rings. The molecule has 1 heterocycles. The highest BCUT2D eigenvalue weighted by Crippen LogP contribution is 2.13. The predicted octanol–water partition coefficient (Wildman–Crippen LogP) is 3.22. The zero-order valence-corrected chi connectivity index (χ0v) is 12.4. The van der Waals surface area contributed by atoms with Crippen molar-refractivity contribution < 1.29 is 4.79 Å². The Morgan fingerprint density at radius 3 is 2.38 bits per heavy atom. The molecule has 1 aliphatic heterocycles. The number of rotatable bonds is 3. The van der Waals surface area contributed by atoms with E-state index < -0.39 is 0 Å².